The van der Waals surface area contributed by atoms with Gasteiger partial charge in [-0.15, -0.1) is 0 Å². The molecule has 1 atom stereocenters. The summed E-state index contributed by atoms with van der Waals surface area (Å²) in [5.74, 6) is -0.141. The Balaban J connectivity index is 2.08. The lowest BCUT2D eigenvalue weighted by atomic mass is 9.92. The number of carbonyl (C=O) groups is 1. The van der Waals surface area contributed by atoms with Crippen molar-refractivity contribution >= 4 is 5.97 Å². The van der Waals surface area contributed by atoms with Gasteiger partial charge in [0, 0.05) is 12.5 Å². The minimum atomic E-state index is -0.141. The predicted octanol–water partition coefficient (Wildman–Crippen LogP) is 2.00. The third-order valence-electron chi connectivity index (χ3n) is 3.36. The van der Waals surface area contributed by atoms with Gasteiger partial charge < -0.3 is 10.1 Å². The maximum Gasteiger partial charge on any atom is 0.305 e. The Hall–Kier alpha value is -1.35. The van der Waals surface area contributed by atoms with Crippen molar-refractivity contribution in [2.75, 3.05) is 13.7 Å². The number of carbonyl (C=O) groups excluding carboxylic acids is 1. The van der Waals surface area contributed by atoms with Crippen LogP contribution in [0, 0.1) is 0 Å². The molecule has 0 saturated carbocycles. The lowest BCUT2D eigenvalue weighted by Gasteiger charge is -2.24. The SMILES string of the molecule is COC(=O)CCc1ccc2c(c1)CCNC2C. The molecule has 1 aliphatic rings. The number of benzene rings is 1. The van der Waals surface area contributed by atoms with E-state index < -0.39 is 0 Å². The summed E-state index contributed by atoms with van der Waals surface area (Å²) >= 11 is 0. The average Bonchev–Trinajstić information content (AvgIpc) is 2.36. The molecule has 3 heteroatoms. The van der Waals surface area contributed by atoms with E-state index >= 15 is 0 Å². The van der Waals surface area contributed by atoms with Gasteiger partial charge in [-0.2, -0.15) is 0 Å². The zero-order chi connectivity index (χ0) is 12.3. The molecule has 1 unspecified atom stereocenters. The van der Waals surface area contributed by atoms with Crippen molar-refractivity contribution in [3.63, 3.8) is 0 Å². The van der Waals surface area contributed by atoms with Crippen LogP contribution in [0.15, 0.2) is 18.2 Å². The molecule has 0 aliphatic carbocycles. The van der Waals surface area contributed by atoms with Crippen LogP contribution in [0.2, 0.25) is 0 Å². The van der Waals surface area contributed by atoms with E-state index in [1.165, 1.54) is 23.8 Å². The fourth-order valence-corrected chi connectivity index (χ4v) is 2.34. The number of esters is 1. The van der Waals surface area contributed by atoms with Crippen LogP contribution < -0.4 is 5.32 Å². The highest BCUT2D eigenvalue weighted by Crippen LogP contribution is 2.23. The Morgan fingerprint density at radius 1 is 1.53 bits per heavy atom. The van der Waals surface area contributed by atoms with Crippen molar-refractivity contribution in [3.8, 4) is 0 Å². The molecule has 0 fully saturated rings. The summed E-state index contributed by atoms with van der Waals surface area (Å²) in [6.07, 6.45) is 2.30. The van der Waals surface area contributed by atoms with Crippen LogP contribution in [0.5, 0.6) is 0 Å². The van der Waals surface area contributed by atoms with Crippen molar-refractivity contribution in [2.24, 2.45) is 0 Å². The monoisotopic (exact) mass is 233 g/mol. The van der Waals surface area contributed by atoms with Crippen molar-refractivity contribution in [2.45, 2.75) is 32.2 Å². The van der Waals surface area contributed by atoms with Crippen molar-refractivity contribution in [3.05, 3.63) is 34.9 Å². The van der Waals surface area contributed by atoms with Gasteiger partial charge in [-0.3, -0.25) is 4.79 Å². The Bertz CT molecular complexity index is 415. The third-order valence-corrected chi connectivity index (χ3v) is 3.36. The van der Waals surface area contributed by atoms with E-state index in [9.17, 15) is 4.79 Å². The van der Waals surface area contributed by atoms with Crippen LogP contribution >= 0.6 is 0 Å². The second-order valence-electron chi connectivity index (χ2n) is 4.54. The zero-order valence-corrected chi connectivity index (χ0v) is 10.5. The molecule has 2 rings (SSSR count). The molecule has 17 heavy (non-hydrogen) atoms. The Morgan fingerprint density at radius 3 is 3.12 bits per heavy atom. The van der Waals surface area contributed by atoms with Crippen LogP contribution in [-0.4, -0.2) is 19.6 Å². The first-order chi connectivity index (χ1) is 8.20. The molecule has 0 saturated heterocycles. The first-order valence-electron chi connectivity index (χ1n) is 6.12. The van der Waals surface area contributed by atoms with E-state index in [0.29, 0.717) is 12.5 Å². The third kappa shape index (κ3) is 2.86. The topological polar surface area (TPSA) is 38.3 Å². The van der Waals surface area contributed by atoms with Gasteiger partial charge in [0.25, 0.3) is 0 Å². The Morgan fingerprint density at radius 2 is 2.35 bits per heavy atom. The minimum Gasteiger partial charge on any atom is -0.469 e. The molecule has 0 aromatic heterocycles. The van der Waals surface area contributed by atoms with Gasteiger partial charge in [0.15, 0.2) is 0 Å². The average molecular weight is 233 g/mol. The number of ether oxygens (including phenoxy) is 1. The number of rotatable bonds is 3. The molecule has 1 N–H and O–H groups in total. The molecular formula is C14H19NO2. The van der Waals surface area contributed by atoms with E-state index in [4.69, 9.17) is 0 Å². The fraction of sp³-hybridized carbons (Fsp3) is 0.500. The summed E-state index contributed by atoms with van der Waals surface area (Å²) in [5, 5.41) is 3.44. The van der Waals surface area contributed by atoms with Crippen molar-refractivity contribution in [1.82, 2.24) is 5.32 Å². The smallest absolute Gasteiger partial charge is 0.305 e. The van der Waals surface area contributed by atoms with E-state index in [2.05, 4.69) is 35.2 Å². The first kappa shape index (κ1) is 12.1. The van der Waals surface area contributed by atoms with Gasteiger partial charge in [0.2, 0.25) is 0 Å². The Kier molecular flexibility index (Phi) is 3.79. The highest BCUT2D eigenvalue weighted by Gasteiger charge is 2.15. The number of hydrogen-bond acceptors (Lipinski definition) is 3. The lowest BCUT2D eigenvalue weighted by molar-refractivity contribution is -0.140. The molecule has 0 bridgehead atoms. The van der Waals surface area contributed by atoms with Crippen molar-refractivity contribution < 1.29 is 9.53 Å². The minimum absolute atomic E-state index is 0.141. The maximum absolute atomic E-state index is 11.1. The van der Waals surface area contributed by atoms with Crippen LogP contribution in [0.3, 0.4) is 0 Å². The normalized spacial score (nSPS) is 18.6. The van der Waals surface area contributed by atoms with E-state index in [0.717, 1.165) is 19.4 Å². The first-order valence-corrected chi connectivity index (χ1v) is 6.12. The highest BCUT2D eigenvalue weighted by molar-refractivity contribution is 5.69. The van der Waals surface area contributed by atoms with Crippen LogP contribution in [0.4, 0.5) is 0 Å². The molecule has 0 spiro atoms. The maximum atomic E-state index is 11.1. The molecule has 3 nitrogen and oxygen atoms in total. The van der Waals surface area contributed by atoms with Gasteiger partial charge in [0.05, 0.1) is 7.11 Å². The summed E-state index contributed by atoms with van der Waals surface area (Å²) < 4.78 is 4.65. The molecule has 1 aromatic rings. The van der Waals surface area contributed by atoms with E-state index in [1.54, 1.807) is 0 Å². The number of nitrogens with one attached hydrogen (secondary N) is 1. The molecule has 0 radical (unpaired) electrons. The molecule has 1 aromatic carbocycles. The largest absolute Gasteiger partial charge is 0.469 e. The summed E-state index contributed by atoms with van der Waals surface area (Å²) in [4.78, 5) is 11.1. The summed E-state index contributed by atoms with van der Waals surface area (Å²) in [6, 6.07) is 6.97. The van der Waals surface area contributed by atoms with Gasteiger partial charge in [-0.25, -0.2) is 0 Å². The highest BCUT2D eigenvalue weighted by atomic mass is 16.5. The zero-order valence-electron chi connectivity index (χ0n) is 10.5. The van der Waals surface area contributed by atoms with Crippen LogP contribution in [-0.2, 0) is 22.4 Å². The number of hydrogen-bond donors (Lipinski definition) is 1. The molecule has 92 valence electrons. The van der Waals surface area contributed by atoms with Crippen LogP contribution in [0.25, 0.3) is 0 Å². The quantitative estimate of drug-likeness (QED) is 0.811. The second-order valence-corrected chi connectivity index (χ2v) is 4.54. The van der Waals surface area contributed by atoms with Gasteiger partial charge >= 0.3 is 5.97 Å². The molecule has 0 amide bonds. The fourth-order valence-electron chi connectivity index (χ4n) is 2.34. The Labute approximate surface area is 102 Å². The van der Waals surface area contributed by atoms with Gasteiger partial charge in [-0.1, -0.05) is 18.2 Å². The number of methoxy groups -OCH3 is 1. The van der Waals surface area contributed by atoms with Crippen LogP contribution in [0.1, 0.15) is 36.1 Å². The lowest BCUT2D eigenvalue weighted by Crippen LogP contribution is -2.27. The standard InChI is InChI=1S/C14H19NO2/c1-10-13-5-3-11(4-6-14(16)17-2)9-12(13)7-8-15-10/h3,5,9-10,15H,4,6-8H2,1-2H3. The number of fused-ring (bicyclic) bond motifs is 1. The summed E-state index contributed by atoms with van der Waals surface area (Å²) in [7, 11) is 1.43. The predicted molar refractivity (Wildman–Crippen MR) is 66.9 cm³/mol. The van der Waals surface area contributed by atoms with E-state index in [1.807, 2.05) is 0 Å². The van der Waals surface area contributed by atoms with Crippen molar-refractivity contribution in [1.29, 1.82) is 0 Å². The van der Waals surface area contributed by atoms with E-state index in [-0.39, 0.29) is 5.97 Å². The second kappa shape index (κ2) is 5.32. The number of aryl methyl sites for hydroxylation is 1. The molecular weight excluding hydrogens is 214 g/mol. The molecule has 1 heterocycles. The summed E-state index contributed by atoms with van der Waals surface area (Å²) in [5.41, 5.74) is 4.03. The van der Waals surface area contributed by atoms with Gasteiger partial charge in [-0.05, 0) is 43.0 Å². The van der Waals surface area contributed by atoms with Gasteiger partial charge in [0.1, 0.15) is 0 Å². The molecule has 1 aliphatic heterocycles. The summed E-state index contributed by atoms with van der Waals surface area (Å²) in [6.45, 7) is 3.22.